The average Bonchev–Trinajstić information content (AvgIpc) is 3.86. The van der Waals surface area contributed by atoms with Gasteiger partial charge in [-0.2, -0.15) is 0 Å². The van der Waals surface area contributed by atoms with Crippen LogP contribution in [0.3, 0.4) is 0 Å². The number of benzene rings is 2. The maximum Gasteiger partial charge on any atom is 0.385 e. The minimum Gasteiger partial charge on any atom is -0.462 e. The number of ether oxygens (including phenoxy) is 7. The first kappa shape index (κ1) is 45.6. The molecule has 4 rings (SSSR count). The van der Waals surface area contributed by atoms with Gasteiger partial charge in [0.05, 0.1) is 64.0 Å². The number of hydrogen-bond acceptors (Lipinski definition) is 11. The largest absolute Gasteiger partial charge is 0.462 e. The molecule has 0 amide bonds. The fraction of sp³-hybridized carbons (Fsp3) is 0.455. The highest BCUT2D eigenvalue weighted by molar-refractivity contribution is 6.07. The van der Waals surface area contributed by atoms with Crippen molar-refractivity contribution in [2.75, 3.05) is 39.6 Å². The molecule has 0 radical (unpaired) electrons. The molecule has 2 aliphatic rings. The van der Waals surface area contributed by atoms with Gasteiger partial charge in [-0.05, 0) is 126 Å². The molecular weight excluding hydrogens is 704 g/mol. The van der Waals surface area contributed by atoms with Gasteiger partial charge in [-0.3, -0.25) is 0 Å². The van der Waals surface area contributed by atoms with Gasteiger partial charge in [-0.25, -0.2) is 19.2 Å². The molecule has 55 heavy (non-hydrogen) atoms. The summed E-state index contributed by atoms with van der Waals surface area (Å²) >= 11 is 0. The highest BCUT2D eigenvalue weighted by Gasteiger charge is 2.34. The summed E-state index contributed by atoms with van der Waals surface area (Å²) in [6, 6.07) is 0. The van der Waals surface area contributed by atoms with E-state index in [0.717, 1.165) is 55.6 Å². The van der Waals surface area contributed by atoms with Gasteiger partial charge in [0.2, 0.25) is 0 Å². The fourth-order valence-corrected chi connectivity index (χ4v) is 5.89. The van der Waals surface area contributed by atoms with Crippen LogP contribution in [0.1, 0.15) is 107 Å². The van der Waals surface area contributed by atoms with Gasteiger partial charge >= 0.3 is 23.9 Å². The summed E-state index contributed by atoms with van der Waals surface area (Å²) < 4.78 is 36.4. The second kappa shape index (κ2) is 24.0. The first-order valence-electron chi connectivity index (χ1n) is 18.0. The van der Waals surface area contributed by atoms with Crippen molar-refractivity contribution >= 4 is 23.9 Å². The third kappa shape index (κ3) is 12.5. The monoisotopic (exact) mass is 754 g/mol. The van der Waals surface area contributed by atoms with Crippen LogP contribution in [0, 0.1) is 75.1 Å². The zero-order chi connectivity index (χ0) is 40.9. The van der Waals surface area contributed by atoms with Crippen molar-refractivity contribution < 1.29 is 52.3 Å². The summed E-state index contributed by atoms with van der Waals surface area (Å²) in [6.07, 6.45) is 0. The summed E-state index contributed by atoms with van der Waals surface area (Å²) in [5, 5.41) is 0. The van der Waals surface area contributed by atoms with Crippen LogP contribution in [0.25, 0.3) is 11.1 Å². The quantitative estimate of drug-likeness (QED) is 0.0958. The number of hydrogen-bond donors (Lipinski definition) is 0. The molecule has 0 unspecified atom stereocenters. The molecular formula is C44H50O11. The van der Waals surface area contributed by atoms with E-state index in [9.17, 15) is 19.2 Å². The SMILES string of the molecule is CC#CCOCC#CC.CCOC(=O)C#CC#CC(=O)OCC.CCOC(=O)c1c(C)c2c(c(C)c1-c1c(C)c3c(c(C)c1C(=O)OCC)COC3)COC2. The van der Waals surface area contributed by atoms with Crippen LogP contribution in [0.2, 0.25) is 0 Å². The third-order valence-electron chi connectivity index (χ3n) is 8.38. The van der Waals surface area contributed by atoms with Crippen LogP contribution in [0.5, 0.6) is 0 Å². The van der Waals surface area contributed by atoms with E-state index in [4.69, 9.17) is 23.7 Å². The molecule has 0 bridgehead atoms. The Morgan fingerprint density at radius 1 is 0.527 bits per heavy atom. The van der Waals surface area contributed by atoms with Gasteiger partial charge in [0.1, 0.15) is 13.2 Å². The highest BCUT2D eigenvalue weighted by Crippen LogP contribution is 2.45. The Kier molecular flexibility index (Phi) is 19.9. The highest BCUT2D eigenvalue weighted by atomic mass is 16.5. The van der Waals surface area contributed by atoms with Crippen LogP contribution in [0.15, 0.2) is 0 Å². The van der Waals surface area contributed by atoms with Gasteiger partial charge in [0.15, 0.2) is 0 Å². The lowest BCUT2D eigenvalue weighted by Crippen LogP contribution is -2.17. The molecule has 0 saturated heterocycles. The molecule has 0 aromatic heterocycles. The summed E-state index contributed by atoms with van der Waals surface area (Å²) in [4.78, 5) is 47.8. The molecule has 0 atom stereocenters. The van der Waals surface area contributed by atoms with E-state index < -0.39 is 11.9 Å². The third-order valence-corrected chi connectivity index (χ3v) is 8.38. The lowest BCUT2D eigenvalue weighted by atomic mass is 9.79. The van der Waals surface area contributed by atoms with Gasteiger partial charge in [-0.1, -0.05) is 11.8 Å². The lowest BCUT2D eigenvalue weighted by molar-refractivity contribution is -0.137. The van der Waals surface area contributed by atoms with Crippen molar-refractivity contribution in [1.82, 2.24) is 0 Å². The van der Waals surface area contributed by atoms with Crippen molar-refractivity contribution in [2.45, 2.75) is 95.7 Å². The number of esters is 4. The average molecular weight is 755 g/mol. The van der Waals surface area contributed by atoms with E-state index >= 15 is 0 Å². The number of fused-ring (bicyclic) bond motifs is 2. The van der Waals surface area contributed by atoms with Crippen molar-refractivity contribution in [3.63, 3.8) is 0 Å². The van der Waals surface area contributed by atoms with E-state index in [1.807, 2.05) is 27.7 Å². The summed E-state index contributed by atoms with van der Waals surface area (Å²) in [5.74, 6) is 17.4. The number of carbonyl (C=O) groups excluding carboxylic acids is 4. The van der Waals surface area contributed by atoms with Crippen molar-refractivity contribution in [2.24, 2.45) is 0 Å². The molecule has 0 saturated carbocycles. The van der Waals surface area contributed by atoms with Crippen LogP contribution in [0.4, 0.5) is 0 Å². The topological polar surface area (TPSA) is 133 Å². The Hall–Kier alpha value is -5.56. The minimum absolute atomic E-state index is 0.263. The minimum atomic E-state index is -0.661. The molecule has 11 nitrogen and oxygen atoms in total. The fourth-order valence-electron chi connectivity index (χ4n) is 5.89. The Morgan fingerprint density at radius 2 is 0.855 bits per heavy atom. The molecule has 2 heterocycles. The Balaban J connectivity index is 0.000000376. The van der Waals surface area contributed by atoms with E-state index in [0.29, 0.717) is 50.8 Å². The Labute approximate surface area is 325 Å². The molecule has 0 fully saturated rings. The zero-order valence-electron chi connectivity index (χ0n) is 33.6. The Morgan fingerprint density at radius 3 is 1.16 bits per heavy atom. The molecule has 292 valence electrons. The van der Waals surface area contributed by atoms with Crippen LogP contribution < -0.4 is 0 Å². The van der Waals surface area contributed by atoms with E-state index in [1.165, 1.54) is 0 Å². The number of rotatable bonds is 9. The van der Waals surface area contributed by atoms with Crippen molar-refractivity contribution in [3.8, 4) is 58.5 Å². The molecule has 0 aliphatic carbocycles. The number of carbonyl (C=O) groups is 4. The zero-order valence-corrected chi connectivity index (χ0v) is 33.6. The standard InChI is InChI=1S/C26H30O6.C10H10O4.C8H10O/c1-7-31-25(27)23-15(5)19-11-29-9-17(19)13(3)21(23)22-14(4)18-10-30-12-20(18)16(6)24(22)26(28)32-8-2;1-3-13-9(11)7-5-6-8-10(12)14-4-2;1-3-5-7-9-8-6-4-2/h7-12H2,1-6H3;3-4H2,1-2H3;7-8H2,1-2H3. The molecule has 2 aromatic rings. The van der Waals surface area contributed by atoms with Crippen LogP contribution in [-0.2, 0) is 69.2 Å². The van der Waals surface area contributed by atoms with E-state index in [1.54, 1.807) is 41.5 Å². The second-order valence-electron chi connectivity index (χ2n) is 11.6. The van der Waals surface area contributed by atoms with E-state index in [2.05, 4.69) is 56.8 Å². The molecule has 0 spiro atoms. The normalized spacial score (nSPS) is 11.2. The van der Waals surface area contributed by atoms with Gasteiger partial charge in [-0.15, -0.1) is 11.8 Å². The smallest absolute Gasteiger partial charge is 0.385 e. The van der Waals surface area contributed by atoms with Crippen molar-refractivity contribution in [3.05, 3.63) is 55.6 Å². The molecule has 0 N–H and O–H groups in total. The summed E-state index contributed by atoms with van der Waals surface area (Å²) in [6.45, 7) is 22.3. The van der Waals surface area contributed by atoms with Crippen molar-refractivity contribution in [1.29, 1.82) is 0 Å². The van der Waals surface area contributed by atoms with E-state index in [-0.39, 0.29) is 38.4 Å². The molecule has 2 aliphatic heterocycles. The summed E-state index contributed by atoms with van der Waals surface area (Å²) in [5.41, 5.74) is 10.3. The second-order valence-corrected chi connectivity index (χ2v) is 11.6. The maximum absolute atomic E-state index is 13.2. The Bertz CT molecular complexity index is 1850. The predicted molar refractivity (Wildman–Crippen MR) is 206 cm³/mol. The van der Waals surface area contributed by atoms with Gasteiger partial charge < -0.3 is 33.2 Å². The van der Waals surface area contributed by atoms with Crippen LogP contribution in [-0.4, -0.2) is 63.5 Å². The van der Waals surface area contributed by atoms with Gasteiger partial charge in [0, 0.05) is 23.0 Å². The first-order valence-corrected chi connectivity index (χ1v) is 18.0. The summed E-state index contributed by atoms with van der Waals surface area (Å²) in [7, 11) is 0. The first-order chi connectivity index (χ1) is 26.4. The maximum atomic E-state index is 13.2. The predicted octanol–water partition coefficient (Wildman–Crippen LogP) is 6.17. The lowest BCUT2D eigenvalue weighted by Gasteiger charge is -2.24. The molecule has 11 heteroatoms. The van der Waals surface area contributed by atoms with Crippen LogP contribution >= 0.6 is 0 Å². The van der Waals surface area contributed by atoms with Gasteiger partial charge in [0.25, 0.3) is 0 Å². The molecule has 2 aromatic carbocycles.